The number of ether oxygens (including phenoxy) is 2. The number of amidine groups is 1. The number of non-ortho nitro benzene ring substituents is 1. The summed E-state index contributed by atoms with van der Waals surface area (Å²) in [6.45, 7) is 1.72. The Morgan fingerprint density at radius 3 is 2.41 bits per heavy atom. The quantitative estimate of drug-likeness (QED) is 0.458. The van der Waals surface area contributed by atoms with Crippen molar-refractivity contribution in [3.05, 3.63) is 63.8 Å². The van der Waals surface area contributed by atoms with Crippen LogP contribution in [-0.2, 0) is 4.79 Å². The standard InChI is InChI=1S/C19H17N3O5/c1-12-20-16(10-13-4-6-14(7-5-13)22(24)25)19(23)21(12)17-9-8-15(26-2)11-18(17)27-3/h4-11H,1-3H3. The molecule has 8 heteroatoms. The van der Waals surface area contributed by atoms with Crippen molar-refractivity contribution in [3.8, 4) is 11.5 Å². The number of hydrogen-bond acceptors (Lipinski definition) is 6. The monoisotopic (exact) mass is 367 g/mol. The molecule has 3 rings (SSSR count). The van der Waals surface area contributed by atoms with Crippen molar-refractivity contribution in [1.82, 2.24) is 0 Å². The highest BCUT2D eigenvalue weighted by atomic mass is 16.6. The highest BCUT2D eigenvalue weighted by Gasteiger charge is 2.31. The molecule has 1 aliphatic heterocycles. The maximum atomic E-state index is 12.9. The molecule has 0 aliphatic carbocycles. The number of aliphatic imine (C=N–C) groups is 1. The number of anilines is 1. The number of nitro benzene ring substituents is 1. The number of nitro groups is 1. The fraction of sp³-hybridized carbons (Fsp3) is 0.158. The number of rotatable bonds is 5. The summed E-state index contributed by atoms with van der Waals surface area (Å²) in [4.78, 5) is 28.9. The van der Waals surface area contributed by atoms with Crippen LogP contribution in [0, 0.1) is 10.1 Å². The van der Waals surface area contributed by atoms with Gasteiger partial charge < -0.3 is 9.47 Å². The van der Waals surface area contributed by atoms with E-state index in [0.717, 1.165) is 0 Å². The first-order valence-electron chi connectivity index (χ1n) is 8.02. The molecule has 0 radical (unpaired) electrons. The molecule has 138 valence electrons. The molecule has 1 aliphatic rings. The van der Waals surface area contributed by atoms with Crippen LogP contribution < -0.4 is 14.4 Å². The largest absolute Gasteiger partial charge is 0.497 e. The van der Waals surface area contributed by atoms with Gasteiger partial charge in [-0.25, -0.2) is 4.99 Å². The topological polar surface area (TPSA) is 94.3 Å². The molecule has 0 N–H and O–H groups in total. The Labute approximate surface area is 155 Å². The fourth-order valence-electron chi connectivity index (χ4n) is 2.73. The molecule has 27 heavy (non-hydrogen) atoms. The second-order valence-corrected chi connectivity index (χ2v) is 5.72. The molecule has 0 unspecified atom stereocenters. The maximum Gasteiger partial charge on any atom is 0.282 e. The summed E-state index contributed by atoms with van der Waals surface area (Å²) in [7, 11) is 3.06. The zero-order valence-corrected chi connectivity index (χ0v) is 15.0. The lowest BCUT2D eigenvalue weighted by atomic mass is 10.1. The lowest BCUT2D eigenvalue weighted by Crippen LogP contribution is -2.30. The summed E-state index contributed by atoms with van der Waals surface area (Å²) >= 11 is 0. The van der Waals surface area contributed by atoms with Gasteiger partial charge in [0.25, 0.3) is 11.6 Å². The van der Waals surface area contributed by atoms with Gasteiger partial charge in [-0.3, -0.25) is 19.8 Å². The van der Waals surface area contributed by atoms with Gasteiger partial charge in [0.2, 0.25) is 0 Å². The number of carbonyl (C=O) groups excluding carboxylic acids is 1. The van der Waals surface area contributed by atoms with Gasteiger partial charge in [0, 0.05) is 18.2 Å². The highest BCUT2D eigenvalue weighted by molar-refractivity contribution is 6.28. The first-order chi connectivity index (χ1) is 12.9. The van der Waals surface area contributed by atoms with Gasteiger partial charge in [0.1, 0.15) is 23.0 Å². The van der Waals surface area contributed by atoms with E-state index >= 15 is 0 Å². The van der Waals surface area contributed by atoms with E-state index < -0.39 is 4.92 Å². The van der Waals surface area contributed by atoms with Crippen LogP contribution in [0.2, 0.25) is 0 Å². The van der Waals surface area contributed by atoms with Crippen LogP contribution in [0.15, 0.2) is 53.2 Å². The van der Waals surface area contributed by atoms with Crippen molar-refractivity contribution < 1.29 is 19.2 Å². The molecule has 0 aromatic heterocycles. The molecule has 1 heterocycles. The SMILES string of the molecule is COc1ccc(N2C(=O)C(=Cc3ccc([N+](=O)[O-])cc3)N=C2C)c(OC)c1. The lowest BCUT2D eigenvalue weighted by molar-refractivity contribution is -0.384. The van der Waals surface area contributed by atoms with Crippen LogP contribution in [0.5, 0.6) is 11.5 Å². The van der Waals surface area contributed by atoms with Gasteiger partial charge in [0.05, 0.1) is 24.8 Å². The Kier molecular flexibility index (Phi) is 4.89. The van der Waals surface area contributed by atoms with Gasteiger partial charge in [-0.1, -0.05) is 0 Å². The summed E-state index contributed by atoms with van der Waals surface area (Å²) in [6, 6.07) is 11.0. The summed E-state index contributed by atoms with van der Waals surface area (Å²) in [5, 5.41) is 10.7. The van der Waals surface area contributed by atoms with E-state index in [1.54, 1.807) is 50.4 Å². The van der Waals surface area contributed by atoms with Gasteiger partial charge in [-0.15, -0.1) is 0 Å². The van der Waals surface area contributed by atoms with Crippen molar-refractivity contribution in [2.75, 3.05) is 19.1 Å². The molecule has 0 spiro atoms. The van der Waals surface area contributed by atoms with Crippen LogP contribution in [0.3, 0.4) is 0 Å². The number of carbonyl (C=O) groups is 1. The van der Waals surface area contributed by atoms with Gasteiger partial charge >= 0.3 is 0 Å². The predicted octanol–water partition coefficient (Wildman–Crippen LogP) is 3.42. The molecule has 0 fully saturated rings. The predicted molar refractivity (Wildman–Crippen MR) is 101 cm³/mol. The zero-order chi connectivity index (χ0) is 19.6. The molecule has 0 saturated heterocycles. The van der Waals surface area contributed by atoms with E-state index in [0.29, 0.717) is 28.6 Å². The smallest absolute Gasteiger partial charge is 0.282 e. The van der Waals surface area contributed by atoms with Crippen LogP contribution in [0.4, 0.5) is 11.4 Å². The number of methoxy groups -OCH3 is 2. The van der Waals surface area contributed by atoms with Gasteiger partial charge in [-0.2, -0.15) is 0 Å². The van der Waals surface area contributed by atoms with Crippen LogP contribution >= 0.6 is 0 Å². The minimum atomic E-state index is -0.475. The first-order valence-corrected chi connectivity index (χ1v) is 8.02. The fourth-order valence-corrected chi connectivity index (χ4v) is 2.73. The van der Waals surface area contributed by atoms with Crippen molar-refractivity contribution in [2.45, 2.75) is 6.92 Å². The van der Waals surface area contributed by atoms with Crippen molar-refractivity contribution in [3.63, 3.8) is 0 Å². The van der Waals surface area contributed by atoms with Crippen LogP contribution in [-0.4, -0.2) is 30.9 Å². The van der Waals surface area contributed by atoms with Crippen molar-refractivity contribution >= 4 is 29.2 Å². The average Bonchev–Trinajstić information content (AvgIpc) is 2.94. The van der Waals surface area contributed by atoms with E-state index in [1.165, 1.54) is 24.1 Å². The van der Waals surface area contributed by atoms with Crippen molar-refractivity contribution in [2.24, 2.45) is 4.99 Å². The van der Waals surface area contributed by atoms with Crippen LogP contribution in [0.1, 0.15) is 12.5 Å². The number of hydrogen-bond donors (Lipinski definition) is 0. The minimum absolute atomic E-state index is 0.0147. The summed E-state index contributed by atoms with van der Waals surface area (Å²) in [6.07, 6.45) is 1.59. The Morgan fingerprint density at radius 1 is 1.11 bits per heavy atom. The summed E-state index contributed by atoms with van der Waals surface area (Å²) < 4.78 is 10.6. The van der Waals surface area contributed by atoms with Crippen LogP contribution in [0.25, 0.3) is 6.08 Å². The van der Waals surface area contributed by atoms with E-state index in [9.17, 15) is 14.9 Å². The maximum absolute atomic E-state index is 12.9. The third-order valence-corrected chi connectivity index (χ3v) is 4.06. The summed E-state index contributed by atoms with van der Waals surface area (Å²) in [5.74, 6) is 1.28. The lowest BCUT2D eigenvalue weighted by Gasteiger charge is -2.19. The third-order valence-electron chi connectivity index (χ3n) is 4.06. The Bertz CT molecular complexity index is 964. The molecule has 2 aromatic rings. The van der Waals surface area contributed by atoms with Crippen molar-refractivity contribution in [1.29, 1.82) is 0 Å². The number of amides is 1. The zero-order valence-electron chi connectivity index (χ0n) is 15.0. The molecule has 1 amide bonds. The Hall–Kier alpha value is -3.68. The van der Waals surface area contributed by atoms with Gasteiger partial charge in [0.15, 0.2) is 0 Å². The molecular formula is C19H17N3O5. The highest BCUT2D eigenvalue weighted by Crippen LogP contribution is 2.35. The molecule has 0 bridgehead atoms. The van der Waals surface area contributed by atoms with E-state index in [4.69, 9.17) is 9.47 Å². The second kappa shape index (κ2) is 7.28. The molecule has 0 saturated carbocycles. The summed E-state index contributed by atoms with van der Waals surface area (Å²) in [5.41, 5.74) is 1.42. The minimum Gasteiger partial charge on any atom is -0.497 e. The molecule has 0 atom stereocenters. The van der Waals surface area contributed by atoms with E-state index in [1.807, 2.05) is 0 Å². The molecular weight excluding hydrogens is 350 g/mol. The average molecular weight is 367 g/mol. The third kappa shape index (κ3) is 3.50. The normalized spacial score (nSPS) is 15.1. The number of benzene rings is 2. The Morgan fingerprint density at radius 2 is 1.81 bits per heavy atom. The second-order valence-electron chi connectivity index (χ2n) is 5.72. The Balaban J connectivity index is 1.93. The van der Waals surface area contributed by atoms with Gasteiger partial charge in [-0.05, 0) is 42.8 Å². The molecule has 2 aromatic carbocycles. The number of nitrogens with zero attached hydrogens (tertiary/aromatic N) is 3. The van der Waals surface area contributed by atoms with E-state index in [-0.39, 0.29) is 17.3 Å². The van der Waals surface area contributed by atoms with E-state index in [2.05, 4.69) is 4.99 Å². The first kappa shape index (κ1) is 18.1. The molecule has 8 nitrogen and oxygen atoms in total.